The highest BCUT2D eigenvalue weighted by Crippen LogP contribution is 2.32. The van der Waals surface area contributed by atoms with E-state index < -0.39 is 22.9 Å². The average Bonchev–Trinajstić information content (AvgIpc) is 2.87. The first-order valence-electron chi connectivity index (χ1n) is 12.6. The lowest BCUT2D eigenvalue weighted by atomic mass is 9.99. The maximum Gasteiger partial charge on any atom is 0.256 e. The zero-order valence-electron chi connectivity index (χ0n) is 22.9. The van der Waals surface area contributed by atoms with Crippen molar-refractivity contribution in [2.75, 3.05) is 39.1 Å². The second-order valence-corrected chi connectivity index (χ2v) is 10.1. The molecule has 1 N–H and O–H groups in total. The van der Waals surface area contributed by atoms with Crippen LogP contribution in [-0.2, 0) is 0 Å². The van der Waals surface area contributed by atoms with E-state index in [2.05, 4.69) is 10.3 Å². The molecule has 0 aliphatic rings. The third kappa shape index (κ3) is 5.80. The fraction of sp³-hybridized carbons (Fsp3) is 0.310. The maximum absolute atomic E-state index is 14.9. The Morgan fingerprint density at radius 2 is 1.69 bits per heavy atom. The number of rotatable bonds is 8. The molecule has 0 aliphatic heterocycles. The smallest absolute Gasteiger partial charge is 0.256 e. The molecule has 0 aliphatic carbocycles. The highest BCUT2D eigenvalue weighted by atomic mass is 19.1. The Bertz CT molecular complexity index is 1580. The zero-order chi connectivity index (χ0) is 28.4. The Morgan fingerprint density at radius 3 is 2.33 bits per heavy atom. The molecular weight excluding hydrogens is 502 g/mol. The number of fused-ring (bicyclic) bond motifs is 1. The summed E-state index contributed by atoms with van der Waals surface area (Å²) in [5.74, 6) is -1.75. The van der Waals surface area contributed by atoms with E-state index in [9.17, 15) is 18.4 Å². The Kier molecular flexibility index (Phi) is 8.06. The number of nitrogens with one attached hydrogen (secondary N) is 1. The normalized spacial score (nSPS) is 11.4. The van der Waals surface area contributed by atoms with E-state index in [-0.39, 0.29) is 23.5 Å². The van der Waals surface area contributed by atoms with Crippen molar-refractivity contribution in [2.24, 2.45) is 0 Å². The molecule has 0 atom stereocenters. The molecule has 0 unspecified atom stereocenters. The molecule has 0 saturated heterocycles. The van der Waals surface area contributed by atoms with E-state index in [4.69, 9.17) is 4.98 Å². The molecule has 2 heterocycles. The number of likely N-dealkylation sites (N-methyl/N-ethyl adjacent to an activating group) is 2. The van der Waals surface area contributed by atoms with Gasteiger partial charge in [0.15, 0.2) is 5.65 Å². The number of hydrogen-bond acceptors (Lipinski definition) is 6. The number of nitrogens with zero attached hydrogens (tertiary/aromatic N) is 5. The van der Waals surface area contributed by atoms with Crippen LogP contribution in [0.15, 0.2) is 53.3 Å². The largest absolute Gasteiger partial charge is 0.350 e. The summed E-state index contributed by atoms with van der Waals surface area (Å²) in [6.45, 7) is 6.89. The third-order valence-corrected chi connectivity index (χ3v) is 6.30. The highest BCUT2D eigenvalue weighted by Gasteiger charge is 2.22. The summed E-state index contributed by atoms with van der Waals surface area (Å²) in [5, 5.41) is 3.30. The van der Waals surface area contributed by atoms with Gasteiger partial charge in [-0.3, -0.25) is 14.2 Å². The molecule has 4 aromatic rings. The van der Waals surface area contributed by atoms with Crippen LogP contribution in [-0.4, -0.2) is 65.6 Å². The fourth-order valence-electron chi connectivity index (χ4n) is 4.21. The summed E-state index contributed by atoms with van der Waals surface area (Å²) in [6, 6.07) is 11.4. The second kappa shape index (κ2) is 11.3. The number of amides is 1. The molecule has 0 spiro atoms. The Labute approximate surface area is 225 Å². The van der Waals surface area contributed by atoms with Crippen molar-refractivity contribution in [2.45, 2.75) is 26.8 Å². The van der Waals surface area contributed by atoms with Crippen molar-refractivity contribution in [3.8, 4) is 16.9 Å². The maximum atomic E-state index is 14.9. The number of pyridine rings is 1. The standard InChI is InChI=1S/C29H32F2N6O2/c1-17(2)32-28(39)19-11-10-18(3)21(16-19)25-20-12-13-24(38)37(26-22(30)8-7-9-23(26)31)27(20)34-29(33-25)36(6)15-14-35(4)5/h7-13,16-17H,14-15H2,1-6H3,(H,32,39). The number of anilines is 1. The molecule has 0 bridgehead atoms. The van der Waals surface area contributed by atoms with Gasteiger partial charge in [0.1, 0.15) is 17.3 Å². The van der Waals surface area contributed by atoms with Crippen LogP contribution < -0.4 is 15.8 Å². The summed E-state index contributed by atoms with van der Waals surface area (Å²) in [6.07, 6.45) is 0. The zero-order valence-corrected chi connectivity index (χ0v) is 22.9. The molecule has 0 radical (unpaired) electrons. The van der Waals surface area contributed by atoms with Gasteiger partial charge in [0.2, 0.25) is 5.95 Å². The van der Waals surface area contributed by atoms with Crippen molar-refractivity contribution >= 4 is 22.9 Å². The quantitative estimate of drug-likeness (QED) is 0.365. The average molecular weight is 535 g/mol. The summed E-state index contributed by atoms with van der Waals surface area (Å²) in [5.41, 5.74) is 1.25. The first kappa shape index (κ1) is 27.8. The van der Waals surface area contributed by atoms with Crippen LogP contribution in [0.1, 0.15) is 29.8 Å². The summed E-state index contributed by atoms with van der Waals surface area (Å²) in [7, 11) is 5.69. The minimum atomic E-state index is -0.893. The number of benzene rings is 2. The minimum absolute atomic E-state index is 0.0517. The fourth-order valence-corrected chi connectivity index (χ4v) is 4.21. The molecule has 2 aromatic heterocycles. The molecule has 204 valence electrons. The van der Waals surface area contributed by atoms with Gasteiger partial charge in [-0.2, -0.15) is 4.98 Å². The van der Waals surface area contributed by atoms with E-state index in [0.29, 0.717) is 35.3 Å². The summed E-state index contributed by atoms with van der Waals surface area (Å²) in [4.78, 5) is 39.2. The number of para-hydroxylation sites is 1. The number of hydrogen-bond donors (Lipinski definition) is 1. The van der Waals surface area contributed by atoms with Crippen molar-refractivity contribution < 1.29 is 13.6 Å². The second-order valence-electron chi connectivity index (χ2n) is 10.1. The molecule has 39 heavy (non-hydrogen) atoms. The van der Waals surface area contributed by atoms with Crippen LogP contribution in [0.2, 0.25) is 0 Å². The topological polar surface area (TPSA) is 83.4 Å². The lowest BCUT2D eigenvalue weighted by Crippen LogP contribution is -2.30. The lowest BCUT2D eigenvalue weighted by Gasteiger charge is -2.22. The van der Waals surface area contributed by atoms with Gasteiger partial charge in [-0.15, -0.1) is 0 Å². The molecule has 8 nitrogen and oxygen atoms in total. The minimum Gasteiger partial charge on any atom is -0.350 e. The molecule has 1 amide bonds. The number of carbonyl (C=O) groups is 1. The van der Waals surface area contributed by atoms with E-state index in [1.807, 2.05) is 57.8 Å². The Hall–Kier alpha value is -4.18. The van der Waals surface area contributed by atoms with Crippen molar-refractivity contribution in [3.05, 3.63) is 81.6 Å². The predicted molar refractivity (Wildman–Crippen MR) is 150 cm³/mol. The van der Waals surface area contributed by atoms with Gasteiger partial charge >= 0.3 is 0 Å². The third-order valence-electron chi connectivity index (χ3n) is 6.30. The molecule has 2 aromatic carbocycles. The summed E-state index contributed by atoms with van der Waals surface area (Å²) < 4.78 is 30.8. The summed E-state index contributed by atoms with van der Waals surface area (Å²) >= 11 is 0. The van der Waals surface area contributed by atoms with Crippen LogP contribution in [0, 0.1) is 18.6 Å². The predicted octanol–water partition coefficient (Wildman–Crippen LogP) is 4.17. The van der Waals surface area contributed by atoms with Crippen LogP contribution in [0.3, 0.4) is 0 Å². The first-order chi connectivity index (χ1) is 18.5. The van der Waals surface area contributed by atoms with E-state index in [1.165, 1.54) is 12.1 Å². The number of carbonyl (C=O) groups excluding carboxylic acids is 1. The Balaban J connectivity index is 2.05. The van der Waals surface area contributed by atoms with Gasteiger partial charge in [0.25, 0.3) is 11.5 Å². The van der Waals surface area contributed by atoms with Crippen LogP contribution in [0.4, 0.5) is 14.7 Å². The van der Waals surface area contributed by atoms with Gasteiger partial charge in [-0.25, -0.2) is 13.8 Å². The monoisotopic (exact) mass is 534 g/mol. The van der Waals surface area contributed by atoms with Gasteiger partial charge in [0, 0.05) is 48.8 Å². The van der Waals surface area contributed by atoms with Crippen LogP contribution >= 0.6 is 0 Å². The Morgan fingerprint density at radius 1 is 1.00 bits per heavy atom. The molecule has 0 fully saturated rings. The molecular formula is C29H32F2N6O2. The van der Waals surface area contributed by atoms with E-state index >= 15 is 0 Å². The van der Waals surface area contributed by atoms with Crippen molar-refractivity contribution in [1.29, 1.82) is 0 Å². The van der Waals surface area contributed by atoms with Gasteiger partial charge in [0.05, 0.1) is 5.69 Å². The molecule has 0 saturated carbocycles. The van der Waals surface area contributed by atoms with E-state index in [1.54, 1.807) is 18.2 Å². The van der Waals surface area contributed by atoms with Crippen LogP contribution in [0.25, 0.3) is 28.0 Å². The van der Waals surface area contributed by atoms with Crippen molar-refractivity contribution in [3.63, 3.8) is 0 Å². The SMILES string of the molecule is Cc1ccc(C(=O)NC(C)C)cc1-c1nc(N(C)CCN(C)C)nc2c1ccc(=O)n2-c1c(F)cccc1F. The van der Waals surface area contributed by atoms with Gasteiger partial charge < -0.3 is 15.1 Å². The van der Waals surface area contributed by atoms with Gasteiger partial charge in [-0.1, -0.05) is 12.1 Å². The van der Waals surface area contributed by atoms with Crippen molar-refractivity contribution in [1.82, 2.24) is 24.8 Å². The molecule has 4 rings (SSSR count). The highest BCUT2D eigenvalue weighted by molar-refractivity contribution is 5.98. The molecule has 10 heteroatoms. The number of aryl methyl sites for hydroxylation is 1. The lowest BCUT2D eigenvalue weighted by molar-refractivity contribution is 0.0943. The van der Waals surface area contributed by atoms with E-state index in [0.717, 1.165) is 22.3 Å². The van der Waals surface area contributed by atoms with Crippen LogP contribution in [0.5, 0.6) is 0 Å². The number of halogens is 2. The first-order valence-corrected chi connectivity index (χ1v) is 12.6. The number of aromatic nitrogens is 3. The van der Waals surface area contributed by atoms with Gasteiger partial charge in [-0.05, 0) is 70.8 Å².